The summed E-state index contributed by atoms with van der Waals surface area (Å²) in [6.45, 7) is 1.93. The van der Waals surface area contributed by atoms with Gasteiger partial charge in [-0.1, -0.05) is 6.07 Å². The Morgan fingerprint density at radius 1 is 1.39 bits per heavy atom. The molecule has 2 rings (SSSR count). The molecular weight excluding hydrogens is 319 g/mol. The number of benzene rings is 1. The van der Waals surface area contributed by atoms with Crippen molar-refractivity contribution in [2.45, 2.75) is 19.6 Å². The molecule has 0 amide bonds. The fourth-order valence-corrected chi connectivity index (χ4v) is 2.87. The van der Waals surface area contributed by atoms with Crippen molar-refractivity contribution in [3.8, 4) is 5.75 Å². The lowest BCUT2D eigenvalue weighted by Crippen LogP contribution is -1.98. The zero-order valence-corrected chi connectivity index (χ0v) is 12.1. The van der Waals surface area contributed by atoms with Crippen LogP contribution in [0.4, 0.5) is 4.39 Å². The summed E-state index contributed by atoms with van der Waals surface area (Å²) in [7, 11) is 0. The second kappa shape index (κ2) is 5.82. The van der Waals surface area contributed by atoms with Crippen LogP contribution in [0.15, 0.2) is 34.1 Å². The predicted octanol–water partition coefficient (Wildman–Crippen LogP) is 4.28. The molecule has 1 aromatic carbocycles. The number of hydrogen-bond donors (Lipinski definition) is 1. The van der Waals surface area contributed by atoms with Gasteiger partial charge in [0.1, 0.15) is 6.61 Å². The Balaban J connectivity index is 2.05. The minimum absolute atomic E-state index is 0.198. The minimum Gasteiger partial charge on any atom is -0.485 e. The van der Waals surface area contributed by atoms with E-state index in [1.165, 1.54) is 6.07 Å². The predicted molar refractivity (Wildman–Crippen MR) is 73.4 cm³/mol. The zero-order chi connectivity index (χ0) is 13.1. The van der Waals surface area contributed by atoms with Gasteiger partial charge in [0.15, 0.2) is 11.6 Å². The molecule has 0 aliphatic heterocycles. The SMILES string of the molecule is CC(O)c1ccc(OCc2ccc(Br)s2)c(F)c1. The lowest BCUT2D eigenvalue weighted by Gasteiger charge is -2.09. The fraction of sp³-hybridized carbons (Fsp3) is 0.231. The Kier molecular flexibility index (Phi) is 4.37. The molecule has 1 aromatic heterocycles. The fourth-order valence-electron chi connectivity index (χ4n) is 1.47. The maximum atomic E-state index is 13.7. The van der Waals surface area contributed by atoms with E-state index in [1.807, 2.05) is 12.1 Å². The molecule has 1 atom stereocenters. The van der Waals surface area contributed by atoms with Gasteiger partial charge in [0.25, 0.3) is 0 Å². The van der Waals surface area contributed by atoms with Crippen molar-refractivity contribution in [2.24, 2.45) is 0 Å². The van der Waals surface area contributed by atoms with Crippen LogP contribution in [0, 0.1) is 5.82 Å². The first-order chi connectivity index (χ1) is 8.56. The average Bonchev–Trinajstić information content (AvgIpc) is 2.73. The Hall–Kier alpha value is -0.910. The van der Waals surface area contributed by atoms with Crippen molar-refractivity contribution >= 4 is 27.3 Å². The summed E-state index contributed by atoms with van der Waals surface area (Å²) in [5.74, 6) is -0.257. The highest BCUT2D eigenvalue weighted by Gasteiger charge is 2.08. The van der Waals surface area contributed by atoms with E-state index in [9.17, 15) is 9.50 Å². The summed E-state index contributed by atoms with van der Waals surface area (Å²) >= 11 is 4.91. The lowest BCUT2D eigenvalue weighted by atomic mass is 10.1. The van der Waals surface area contributed by atoms with Gasteiger partial charge >= 0.3 is 0 Å². The third-order valence-electron chi connectivity index (χ3n) is 2.44. The summed E-state index contributed by atoms with van der Waals surface area (Å²) in [4.78, 5) is 1.01. The number of ether oxygens (including phenoxy) is 1. The Morgan fingerprint density at radius 2 is 2.17 bits per heavy atom. The molecule has 0 radical (unpaired) electrons. The highest BCUT2D eigenvalue weighted by molar-refractivity contribution is 9.11. The second-order valence-corrected chi connectivity index (χ2v) is 6.41. The van der Waals surface area contributed by atoms with E-state index in [-0.39, 0.29) is 5.75 Å². The molecule has 0 saturated heterocycles. The van der Waals surface area contributed by atoms with Gasteiger partial charge in [0.05, 0.1) is 9.89 Å². The molecular formula is C13H12BrFO2S. The number of halogens is 2. The summed E-state index contributed by atoms with van der Waals surface area (Å²) in [6, 6.07) is 8.35. The zero-order valence-electron chi connectivity index (χ0n) is 9.69. The van der Waals surface area contributed by atoms with Crippen LogP contribution in [0.25, 0.3) is 0 Å². The highest BCUT2D eigenvalue weighted by Crippen LogP contribution is 2.26. The molecule has 1 unspecified atom stereocenters. The Morgan fingerprint density at radius 3 is 2.72 bits per heavy atom. The molecule has 18 heavy (non-hydrogen) atoms. The molecule has 0 saturated carbocycles. The molecule has 96 valence electrons. The van der Waals surface area contributed by atoms with Crippen LogP contribution in [-0.2, 0) is 6.61 Å². The maximum absolute atomic E-state index is 13.7. The van der Waals surface area contributed by atoms with Gasteiger partial charge in [-0.3, -0.25) is 0 Å². The van der Waals surface area contributed by atoms with E-state index < -0.39 is 11.9 Å². The maximum Gasteiger partial charge on any atom is 0.165 e. The van der Waals surface area contributed by atoms with Crippen molar-refractivity contribution in [3.63, 3.8) is 0 Å². The third-order valence-corrected chi connectivity index (χ3v) is 4.03. The molecule has 0 bridgehead atoms. The minimum atomic E-state index is -0.679. The molecule has 5 heteroatoms. The first-order valence-electron chi connectivity index (χ1n) is 5.41. The number of rotatable bonds is 4. The smallest absolute Gasteiger partial charge is 0.165 e. The van der Waals surface area contributed by atoms with E-state index >= 15 is 0 Å². The quantitative estimate of drug-likeness (QED) is 0.906. The molecule has 2 nitrogen and oxygen atoms in total. The van der Waals surface area contributed by atoms with Crippen LogP contribution in [0.1, 0.15) is 23.5 Å². The highest BCUT2D eigenvalue weighted by atomic mass is 79.9. The van der Waals surface area contributed by atoms with Crippen LogP contribution in [0.5, 0.6) is 5.75 Å². The topological polar surface area (TPSA) is 29.5 Å². The lowest BCUT2D eigenvalue weighted by molar-refractivity contribution is 0.198. The first-order valence-corrected chi connectivity index (χ1v) is 7.02. The summed E-state index contributed by atoms with van der Waals surface area (Å²) in [6.07, 6.45) is -0.679. The van der Waals surface area contributed by atoms with Gasteiger partial charge in [0.2, 0.25) is 0 Å². The molecule has 1 heterocycles. The van der Waals surface area contributed by atoms with Crippen LogP contribution in [-0.4, -0.2) is 5.11 Å². The van der Waals surface area contributed by atoms with E-state index in [2.05, 4.69) is 15.9 Å². The van der Waals surface area contributed by atoms with Crippen LogP contribution >= 0.6 is 27.3 Å². The van der Waals surface area contributed by atoms with Gasteiger partial charge in [-0.05, 0) is 52.7 Å². The first kappa shape index (κ1) is 13.5. The number of aliphatic hydroxyl groups is 1. The van der Waals surface area contributed by atoms with E-state index in [1.54, 1.807) is 30.4 Å². The van der Waals surface area contributed by atoms with E-state index in [0.29, 0.717) is 12.2 Å². The summed E-state index contributed by atoms with van der Waals surface area (Å²) in [5, 5.41) is 9.34. The molecule has 0 aliphatic rings. The van der Waals surface area contributed by atoms with Crippen LogP contribution < -0.4 is 4.74 Å². The van der Waals surface area contributed by atoms with Gasteiger partial charge in [-0.25, -0.2) is 4.39 Å². The van der Waals surface area contributed by atoms with Crippen molar-refractivity contribution < 1.29 is 14.2 Å². The Labute approximate surface area is 117 Å². The Bertz CT molecular complexity index is 540. The number of aliphatic hydroxyl groups excluding tert-OH is 1. The van der Waals surface area contributed by atoms with Gasteiger partial charge in [-0.2, -0.15) is 0 Å². The van der Waals surface area contributed by atoms with Gasteiger partial charge in [0, 0.05) is 4.88 Å². The summed E-state index contributed by atoms with van der Waals surface area (Å²) in [5.41, 5.74) is 0.540. The van der Waals surface area contributed by atoms with Crippen molar-refractivity contribution in [1.82, 2.24) is 0 Å². The van der Waals surface area contributed by atoms with Crippen molar-refractivity contribution in [3.05, 3.63) is 50.4 Å². The standard InChI is InChI=1S/C13H12BrFO2S/c1-8(16)9-2-4-12(11(15)6-9)17-7-10-3-5-13(14)18-10/h2-6,8,16H,7H2,1H3. The molecule has 0 fully saturated rings. The van der Waals surface area contributed by atoms with Gasteiger partial charge < -0.3 is 9.84 Å². The molecule has 0 aliphatic carbocycles. The third kappa shape index (κ3) is 3.31. The number of hydrogen-bond acceptors (Lipinski definition) is 3. The largest absolute Gasteiger partial charge is 0.485 e. The molecule has 0 spiro atoms. The van der Waals surface area contributed by atoms with Crippen LogP contribution in [0.2, 0.25) is 0 Å². The normalized spacial score (nSPS) is 12.4. The second-order valence-electron chi connectivity index (χ2n) is 3.86. The summed E-state index contributed by atoms with van der Waals surface area (Å²) < 4.78 is 20.1. The van der Waals surface area contributed by atoms with Crippen molar-refractivity contribution in [2.75, 3.05) is 0 Å². The van der Waals surface area contributed by atoms with Crippen molar-refractivity contribution in [1.29, 1.82) is 0 Å². The molecule has 2 aromatic rings. The average molecular weight is 331 g/mol. The van der Waals surface area contributed by atoms with Crippen LogP contribution in [0.3, 0.4) is 0 Å². The monoisotopic (exact) mass is 330 g/mol. The van der Waals surface area contributed by atoms with E-state index in [4.69, 9.17) is 4.74 Å². The molecule has 1 N–H and O–H groups in total. The van der Waals surface area contributed by atoms with E-state index in [0.717, 1.165) is 8.66 Å². The number of thiophene rings is 1. The van der Waals surface area contributed by atoms with Gasteiger partial charge in [-0.15, -0.1) is 11.3 Å².